The van der Waals surface area contributed by atoms with Crippen LogP contribution >= 0.6 is 11.6 Å². The fourth-order valence-corrected chi connectivity index (χ4v) is 4.67. The number of hydrogen-bond acceptors (Lipinski definition) is 4. The molecule has 6 nitrogen and oxygen atoms in total. The minimum atomic E-state index is 0.0114. The van der Waals surface area contributed by atoms with Gasteiger partial charge in [-0.05, 0) is 36.6 Å². The molecule has 0 unspecified atom stereocenters. The van der Waals surface area contributed by atoms with Crippen LogP contribution in [0.3, 0.4) is 0 Å². The summed E-state index contributed by atoms with van der Waals surface area (Å²) >= 11 is 6.13. The molecule has 0 spiro atoms. The third kappa shape index (κ3) is 6.61. The van der Waals surface area contributed by atoms with Gasteiger partial charge >= 0.3 is 0 Å². The number of piperazine rings is 1. The summed E-state index contributed by atoms with van der Waals surface area (Å²) in [4.78, 5) is 31.7. The van der Waals surface area contributed by atoms with Gasteiger partial charge < -0.3 is 14.5 Å². The average molecular weight is 482 g/mol. The van der Waals surface area contributed by atoms with E-state index in [4.69, 9.17) is 16.3 Å². The monoisotopic (exact) mass is 481 g/mol. The summed E-state index contributed by atoms with van der Waals surface area (Å²) in [6.45, 7) is 5.82. The Morgan fingerprint density at radius 3 is 2.26 bits per heavy atom. The highest BCUT2D eigenvalue weighted by molar-refractivity contribution is 6.32. The van der Waals surface area contributed by atoms with Crippen molar-refractivity contribution in [2.75, 3.05) is 52.4 Å². The lowest BCUT2D eigenvalue weighted by atomic mass is 9.95. The van der Waals surface area contributed by atoms with Crippen molar-refractivity contribution in [3.8, 4) is 5.75 Å². The molecule has 0 radical (unpaired) electrons. The minimum absolute atomic E-state index is 0.0114. The van der Waals surface area contributed by atoms with E-state index in [9.17, 15) is 9.59 Å². The van der Waals surface area contributed by atoms with Gasteiger partial charge in [-0.2, -0.15) is 0 Å². The molecule has 2 heterocycles. The van der Waals surface area contributed by atoms with Crippen LogP contribution in [-0.4, -0.2) is 78.9 Å². The van der Waals surface area contributed by atoms with Crippen LogP contribution in [0.25, 0.3) is 6.08 Å². The Morgan fingerprint density at radius 1 is 0.882 bits per heavy atom. The fourth-order valence-electron chi connectivity index (χ4n) is 4.48. The van der Waals surface area contributed by atoms with E-state index in [-0.39, 0.29) is 17.7 Å². The smallest absolute Gasteiger partial charge is 0.246 e. The van der Waals surface area contributed by atoms with Gasteiger partial charge in [0.2, 0.25) is 11.8 Å². The van der Waals surface area contributed by atoms with Crippen LogP contribution in [0.5, 0.6) is 5.75 Å². The first kappa shape index (κ1) is 24.3. The molecule has 2 aliphatic rings. The molecule has 0 aromatic heterocycles. The zero-order chi connectivity index (χ0) is 23.8. The van der Waals surface area contributed by atoms with Gasteiger partial charge in [-0.15, -0.1) is 0 Å². The lowest BCUT2D eigenvalue weighted by Crippen LogP contribution is -2.52. The third-order valence-corrected chi connectivity index (χ3v) is 6.87. The molecule has 2 amide bonds. The van der Waals surface area contributed by atoms with Crippen molar-refractivity contribution in [3.63, 3.8) is 0 Å². The fraction of sp³-hybridized carbons (Fsp3) is 0.407. The zero-order valence-corrected chi connectivity index (χ0v) is 20.2. The standard InChI is InChI=1S/C27H32ClN3O3/c28-24-8-4-5-9-25(24)34-21-20-29-16-18-31(19-17-29)27(33)23-12-14-30(15-13-23)26(32)11-10-22-6-2-1-3-7-22/h1-11,23H,12-21H2/b11-10+. The molecule has 0 N–H and O–H groups in total. The Bertz CT molecular complexity index is 982. The first-order chi connectivity index (χ1) is 16.6. The maximum absolute atomic E-state index is 13.0. The first-order valence-corrected chi connectivity index (χ1v) is 12.4. The molecule has 2 fully saturated rings. The predicted molar refractivity (Wildman–Crippen MR) is 135 cm³/mol. The summed E-state index contributed by atoms with van der Waals surface area (Å²) in [5, 5.41) is 0.623. The average Bonchev–Trinajstić information content (AvgIpc) is 2.89. The van der Waals surface area contributed by atoms with Crippen molar-refractivity contribution in [1.82, 2.24) is 14.7 Å². The number of likely N-dealkylation sites (tertiary alicyclic amines) is 1. The molecular weight excluding hydrogens is 450 g/mol. The molecule has 4 rings (SSSR count). The van der Waals surface area contributed by atoms with E-state index in [1.165, 1.54) is 0 Å². The Kier molecular flexibility index (Phi) is 8.61. The number of hydrogen-bond donors (Lipinski definition) is 0. The van der Waals surface area contributed by atoms with Gasteiger partial charge in [-0.3, -0.25) is 14.5 Å². The van der Waals surface area contributed by atoms with Gasteiger partial charge in [0.15, 0.2) is 0 Å². The highest BCUT2D eigenvalue weighted by Gasteiger charge is 2.31. The van der Waals surface area contributed by atoms with Crippen LogP contribution < -0.4 is 4.74 Å². The topological polar surface area (TPSA) is 53.1 Å². The number of piperidine rings is 1. The molecule has 180 valence electrons. The maximum atomic E-state index is 13.0. The number of nitrogens with zero attached hydrogens (tertiary/aromatic N) is 3. The van der Waals surface area contributed by atoms with Crippen molar-refractivity contribution in [2.45, 2.75) is 12.8 Å². The Balaban J connectivity index is 1.15. The quantitative estimate of drug-likeness (QED) is 0.564. The van der Waals surface area contributed by atoms with Gasteiger partial charge in [-0.25, -0.2) is 0 Å². The molecular formula is C27H32ClN3O3. The second-order valence-electron chi connectivity index (χ2n) is 8.79. The molecule has 7 heteroatoms. The number of para-hydroxylation sites is 1. The SMILES string of the molecule is O=C(/C=C/c1ccccc1)N1CCC(C(=O)N2CCN(CCOc3ccccc3Cl)CC2)CC1. The number of ether oxygens (including phenoxy) is 1. The number of carbonyl (C=O) groups is 2. The molecule has 0 atom stereocenters. The molecule has 2 aromatic carbocycles. The van der Waals surface area contributed by atoms with Crippen LogP contribution in [-0.2, 0) is 9.59 Å². The van der Waals surface area contributed by atoms with E-state index in [0.29, 0.717) is 30.5 Å². The molecule has 2 aliphatic heterocycles. The van der Waals surface area contributed by atoms with Crippen LogP contribution in [0.2, 0.25) is 5.02 Å². The highest BCUT2D eigenvalue weighted by atomic mass is 35.5. The molecule has 34 heavy (non-hydrogen) atoms. The van der Waals surface area contributed by atoms with E-state index >= 15 is 0 Å². The van der Waals surface area contributed by atoms with E-state index < -0.39 is 0 Å². The summed E-state index contributed by atoms with van der Waals surface area (Å²) in [5.41, 5.74) is 1.01. The highest BCUT2D eigenvalue weighted by Crippen LogP contribution is 2.23. The van der Waals surface area contributed by atoms with Gasteiger partial charge in [-0.1, -0.05) is 54.1 Å². The number of benzene rings is 2. The largest absolute Gasteiger partial charge is 0.491 e. The van der Waals surface area contributed by atoms with E-state index in [1.807, 2.05) is 70.5 Å². The van der Waals surface area contributed by atoms with Gasteiger partial charge in [0.1, 0.15) is 12.4 Å². The van der Waals surface area contributed by atoms with Gasteiger partial charge in [0.05, 0.1) is 5.02 Å². The maximum Gasteiger partial charge on any atom is 0.246 e. The number of amides is 2. The van der Waals surface area contributed by atoms with Crippen molar-refractivity contribution in [3.05, 3.63) is 71.3 Å². The molecule has 0 aliphatic carbocycles. The minimum Gasteiger partial charge on any atom is -0.491 e. The van der Waals surface area contributed by atoms with Gasteiger partial charge in [0, 0.05) is 57.8 Å². The van der Waals surface area contributed by atoms with Crippen molar-refractivity contribution in [2.24, 2.45) is 5.92 Å². The molecule has 0 saturated carbocycles. The lowest BCUT2D eigenvalue weighted by molar-refractivity contribution is -0.140. The predicted octanol–water partition coefficient (Wildman–Crippen LogP) is 3.82. The van der Waals surface area contributed by atoms with Crippen LogP contribution in [0.1, 0.15) is 18.4 Å². The molecule has 2 aromatic rings. The Morgan fingerprint density at radius 2 is 1.56 bits per heavy atom. The summed E-state index contributed by atoms with van der Waals surface area (Å²) < 4.78 is 5.79. The van der Waals surface area contributed by atoms with Crippen LogP contribution in [0.4, 0.5) is 0 Å². The number of rotatable bonds is 7. The van der Waals surface area contributed by atoms with Crippen molar-refractivity contribution in [1.29, 1.82) is 0 Å². The normalized spacial score (nSPS) is 17.8. The van der Waals surface area contributed by atoms with Crippen molar-refractivity contribution >= 4 is 29.5 Å². The summed E-state index contributed by atoms with van der Waals surface area (Å²) in [6, 6.07) is 17.3. The molecule has 2 saturated heterocycles. The summed E-state index contributed by atoms with van der Waals surface area (Å²) in [7, 11) is 0. The second kappa shape index (κ2) is 12.0. The summed E-state index contributed by atoms with van der Waals surface area (Å²) in [6.07, 6.45) is 4.94. The van der Waals surface area contributed by atoms with E-state index in [2.05, 4.69) is 4.90 Å². The lowest BCUT2D eigenvalue weighted by Gasteiger charge is -2.38. The summed E-state index contributed by atoms with van der Waals surface area (Å²) in [5.74, 6) is 0.969. The Labute approximate surface area is 206 Å². The Hall–Kier alpha value is -2.83. The molecule has 0 bridgehead atoms. The van der Waals surface area contributed by atoms with Crippen LogP contribution in [0, 0.1) is 5.92 Å². The number of carbonyl (C=O) groups excluding carboxylic acids is 2. The third-order valence-electron chi connectivity index (χ3n) is 6.56. The second-order valence-corrected chi connectivity index (χ2v) is 9.20. The zero-order valence-electron chi connectivity index (χ0n) is 19.4. The first-order valence-electron chi connectivity index (χ1n) is 12.0. The van der Waals surface area contributed by atoms with Crippen LogP contribution in [0.15, 0.2) is 60.7 Å². The number of halogens is 1. The van der Waals surface area contributed by atoms with E-state index in [1.54, 1.807) is 6.08 Å². The van der Waals surface area contributed by atoms with Gasteiger partial charge in [0.25, 0.3) is 0 Å². The van der Waals surface area contributed by atoms with Crippen molar-refractivity contribution < 1.29 is 14.3 Å². The van der Waals surface area contributed by atoms with E-state index in [0.717, 1.165) is 51.1 Å².